The summed E-state index contributed by atoms with van der Waals surface area (Å²) < 4.78 is 38.0. The quantitative estimate of drug-likeness (QED) is 0.512. The summed E-state index contributed by atoms with van der Waals surface area (Å²) in [7, 11) is 0. The molecule has 1 amide bonds. The fourth-order valence-electron chi connectivity index (χ4n) is 3.35. The van der Waals surface area contributed by atoms with Crippen molar-refractivity contribution in [2.45, 2.75) is 0 Å². The molecular formula is C23H14F2N2O3. The number of rotatable bonds is 3. The number of ether oxygens (including phenoxy) is 2. The molecule has 0 fully saturated rings. The predicted octanol–water partition coefficient (Wildman–Crippen LogP) is 5.16. The summed E-state index contributed by atoms with van der Waals surface area (Å²) >= 11 is 0. The maximum absolute atomic E-state index is 14.0. The number of nitrogens with zero attached hydrogens (tertiary/aromatic N) is 1. The Balaban J connectivity index is 1.59. The molecule has 0 unspecified atom stereocenters. The second-order valence-corrected chi connectivity index (χ2v) is 6.72. The average Bonchev–Trinajstić information content (AvgIpc) is 3.22. The second-order valence-electron chi connectivity index (χ2n) is 6.72. The van der Waals surface area contributed by atoms with E-state index in [9.17, 15) is 13.6 Å². The Morgan fingerprint density at radius 1 is 0.933 bits per heavy atom. The van der Waals surface area contributed by atoms with Gasteiger partial charge in [-0.05, 0) is 42.5 Å². The van der Waals surface area contributed by atoms with Crippen molar-refractivity contribution in [3.05, 3.63) is 83.9 Å². The number of amides is 1. The van der Waals surface area contributed by atoms with Crippen molar-refractivity contribution in [3.8, 4) is 22.8 Å². The third-order valence-corrected chi connectivity index (χ3v) is 4.81. The molecule has 0 radical (unpaired) electrons. The molecule has 1 aromatic heterocycles. The van der Waals surface area contributed by atoms with Gasteiger partial charge in [-0.15, -0.1) is 0 Å². The summed E-state index contributed by atoms with van der Waals surface area (Å²) in [6.45, 7) is 0.154. The van der Waals surface area contributed by atoms with Gasteiger partial charge in [0.2, 0.25) is 6.79 Å². The number of halogens is 2. The molecule has 4 aromatic rings. The van der Waals surface area contributed by atoms with E-state index in [-0.39, 0.29) is 12.5 Å². The predicted molar refractivity (Wildman–Crippen MR) is 108 cm³/mol. The molecule has 1 aliphatic rings. The fraction of sp³-hybridized carbons (Fsp3) is 0.0435. The molecule has 7 heteroatoms. The Morgan fingerprint density at radius 3 is 2.63 bits per heavy atom. The number of anilines is 1. The van der Waals surface area contributed by atoms with Crippen LogP contribution in [0.25, 0.3) is 22.2 Å². The summed E-state index contributed by atoms with van der Waals surface area (Å²) in [5.74, 6) is -0.852. The Labute approximate surface area is 169 Å². The molecule has 2 heterocycles. The van der Waals surface area contributed by atoms with Crippen LogP contribution in [0.4, 0.5) is 14.5 Å². The van der Waals surface area contributed by atoms with Crippen LogP contribution in [0.15, 0.2) is 66.7 Å². The van der Waals surface area contributed by atoms with E-state index >= 15 is 0 Å². The van der Waals surface area contributed by atoms with Gasteiger partial charge in [0.25, 0.3) is 5.91 Å². The first-order valence-electron chi connectivity index (χ1n) is 9.15. The Kier molecular flexibility index (Phi) is 4.28. The molecule has 0 saturated heterocycles. The van der Waals surface area contributed by atoms with Gasteiger partial charge in [0.1, 0.15) is 11.6 Å². The highest BCUT2D eigenvalue weighted by Crippen LogP contribution is 2.36. The first kappa shape index (κ1) is 18.1. The third kappa shape index (κ3) is 3.20. The van der Waals surface area contributed by atoms with Crippen molar-refractivity contribution < 1.29 is 23.0 Å². The average molecular weight is 404 g/mol. The topological polar surface area (TPSA) is 60.5 Å². The minimum Gasteiger partial charge on any atom is -0.454 e. The van der Waals surface area contributed by atoms with Crippen molar-refractivity contribution in [1.82, 2.24) is 4.98 Å². The van der Waals surface area contributed by atoms with Crippen LogP contribution in [0.5, 0.6) is 11.5 Å². The van der Waals surface area contributed by atoms with Crippen LogP contribution >= 0.6 is 0 Å². The number of aromatic nitrogens is 1. The van der Waals surface area contributed by atoms with Crippen molar-refractivity contribution in [2.24, 2.45) is 0 Å². The minimum atomic E-state index is -0.849. The van der Waals surface area contributed by atoms with E-state index in [2.05, 4.69) is 10.3 Å². The monoisotopic (exact) mass is 404 g/mol. The van der Waals surface area contributed by atoms with Gasteiger partial charge in [-0.25, -0.2) is 13.8 Å². The first-order valence-corrected chi connectivity index (χ1v) is 9.15. The summed E-state index contributed by atoms with van der Waals surface area (Å²) in [6, 6.07) is 17.2. The van der Waals surface area contributed by atoms with E-state index in [1.54, 1.807) is 36.4 Å². The maximum atomic E-state index is 14.0. The number of nitrogens with one attached hydrogen (secondary N) is 1. The standard InChI is InChI=1S/C23H14F2N2O3/c24-14-6-7-19(17(25)10-14)27-23(28)16-11-20(26-18-4-2-1-3-15(16)18)13-5-8-21-22(9-13)30-12-29-21/h1-11H,12H2,(H,27,28). The second kappa shape index (κ2) is 7.11. The van der Waals surface area contributed by atoms with E-state index in [4.69, 9.17) is 9.47 Å². The zero-order chi connectivity index (χ0) is 20.7. The molecule has 0 aliphatic carbocycles. The number of hydrogen-bond acceptors (Lipinski definition) is 4. The zero-order valence-corrected chi connectivity index (χ0v) is 15.5. The largest absolute Gasteiger partial charge is 0.454 e. The van der Waals surface area contributed by atoms with Gasteiger partial charge in [0.15, 0.2) is 11.5 Å². The van der Waals surface area contributed by atoms with Gasteiger partial charge in [-0.1, -0.05) is 18.2 Å². The van der Waals surface area contributed by atoms with Crippen LogP contribution < -0.4 is 14.8 Å². The Bertz CT molecular complexity index is 1310. The van der Waals surface area contributed by atoms with Gasteiger partial charge in [-0.3, -0.25) is 4.79 Å². The lowest BCUT2D eigenvalue weighted by atomic mass is 10.0. The third-order valence-electron chi connectivity index (χ3n) is 4.81. The van der Waals surface area contributed by atoms with Crippen molar-refractivity contribution >= 4 is 22.5 Å². The molecule has 3 aromatic carbocycles. The molecular weight excluding hydrogens is 390 g/mol. The molecule has 0 saturated carbocycles. The Morgan fingerprint density at radius 2 is 1.77 bits per heavy atom. The van der Waals surface area contributed by atoms with Crippen molar-refractivity contribution in [2.75, 3.05) is 12.1 Å². The van der Waals surface area contributed by atoms with Gasteiger partial charge in [0, 0.05) is 17.0 Å². The highest BCUT2D eigenvalue weighted by atomic mass is 19.1. The van der Waals surface area contributed by atoms with Crippen LogP contribution in [0.1, 0.15) is 10.4 Å². The first-order chi connectivity index (χ1) is 14.6. The van der Waals surface area contributed by atoms with Crippen LogP contribution in [0.2, 0.25) is 0 Å². The summed E-state index contributed by atoms with van der Waals surface area (Å²) in [5, 5.41) is 3.13. The van der Waals surface area contributed by atoms with Gasteiger partial charge < -0.3 is 14.8 Å². The molecule has 5 rings (SSSR count). The highest BCUT2D eigenvalue weighted by molar-refractivity contribution is 6.13. The van der Waals surface area contributed by atoms with Gasteiger partial charge in [-0.2, -0.15) is 0 Å². The number of benzene rings is 3. The lowest BCUT2D eigenvalue weighted by molar-refractivity contribution is 0.102. The smallest absolute Gasteiger partial charge is 0.256 e. The van der Waals surface area contributed by atoms with Crippen LogP contribution in [-0.2, 0) is 0 Å². The molecule has 1 aliphatic heterocycles. The van der Waals surface area contributed by atoms with E-state index in [0.717, 1.165) is 17.7 Å². The summed E-state index contributed by atoms with van der Waals surface area (Å²) in [6.07, 6.45) is 0. The van der Waals surface area contributed by atoms with Crippen molar-refractivity contribution in [3.63, 3.8) is 0 Å². The number of pyridine rings is 1. The lowest BCUT2D eigenvalue weighted by Crippen LogP contribution is -2.14. The molecule has 1 N–H and O–H groups in total. The van der Waals surface area contributed by atoms with E-state index in [1.165, 1.54) is 6.07 Å². The van der Waals surface area contributed by atoms with Gasteiger partial charge >= 0.3 is 0 Å². The molecule has 0 spiro atoms. The molecule has 30 heavy (non-hydrogen) atoms. The normalized spacial score (nSPS) is 12.2. The number of para-hydroxylation sites is 1. The molecule has 5 nitrogen and oxygen atoms in total. The number of carbonyl (C=O) groups excluding carboxylic acids is 1. The van der Waals surface area contributed by atoms with E-state index in [1.807, 2.05) is 12.1 Å². The van der Waals surface area contributed by atoms with Crippen molar-refractivity contribution in [1.29, 1.82) is 0 Å². The minimum absolute atomic E-state index is 0.105. The number of hydrogen-bond donors (Lipinski definition) is 1. The zero-order valence-electron chi connectivity index (χ0n) is 15.5. The van der Waals surface area contributed by atoms with Crippen LogP contribution in [0, 0.1) is 11.6 Å². The number of fused-ring (bicyclic) bond motifs is 2. The molecule has 0 atom stereocenters. The van der Waals surface area contributed by atoms with Crippen LogP contribution in [0.3, 0.4) is 0 Å². The Hall–Kier alpha value is -4.00. The highest BCUT2D eigenvalue weighted by Gasteiger charge is 2.18. The molecule has 148 valence electrons. The van der Waals surface area contributed by atoms with E-state index < -0.39 is 17.5 Å². The lowest BCUT2D eigenvalue weighted by Gasteiger charge is -2.11. The summed E-state index contributed by atoms with van der Waals surface area (Å²) in [5.41, 5.74) is 2.12. The van der Waals surface area contributed by atoms with Gasteiger partial charge in [0.05, 0.1) is 22.5 Å². The van der Waals surface area contributed by atoms with E-state index in [0.29, 0.717) is 33.7 Å². The fourth-order valence-corrected chi connectivity index (χ4v) is 3.35. The summed E-state index contributed by atoms with van der Waals surface area (Å²) in [4.78, 5) is 17.6. The maximum Gasteiger partial charge on any atom is 0.256 e. The molecule has 0 bridgehead atoms. The SMILES string of the molecule is O=C(Nc1ccc(F)cc1F)c1cc(-c2ccc3c(c2)OCO3)nc2ccccc12. The van der Waals surface area contributed by atoms with Crippen LogP contribution in [-0.4, -0.2) is 17.7 Å². The number of carbonyl (C=O) groups is 1.